The van der Waals surface area contributed by atoms with Crippen molar-refractivity contribution < 1.29 is 5.11 Å². The third-order valence-electron chi connectivity index (χ3n) is 3.61. The maximum atomic E-state index is 12.0. The summed E-state index contributed by atoms with van der Waals surface area (Å²) in [4.78, 5) is 21.5. The van der Waals surface area contributed by atoms with Gasteiger partial charge in [-0.05, 0) is 25.0 Å². The fourth-order valence-corrected chi connectivity index (χ4v) is 2.59. The van der Waals surface area contributed by atoms with E-state index in [2.05, 4.69) is 14.9 Å². The monoisotopic (exact) mass is 259 g/mol. The highest BCUT2D eigenvalue weighted by Gasteiger charge is 2.21. The zero-order valence-corrected chi connectivity index (χ0v) is 10.9. The van der Waals surface area contributed by atoms with Gasteiger partial charge in [0.2, 0.25) is 0 Å². The molecule has 5 nitrogen and oxygen atoms in total. The van der Waals surface area contributed by atoms with Crippen LogP contribution in [0.3, 0.4) is 0 Å². The largest absolute Gasteiger partial charge is 0.392 e. The quantitative estimate of drug-likeness (QED) is 0.837. The first kappa shape index (κ1) is 12.3. The Bertz CT molecular complexity index is 665. The second-order valence-electron chi connectivity index (χ2n) is 5.16. The molecule has 2 heterocycles. The minimum atomic E-state index is -0.256. The van der Waals surface area contributed by atoms with Crippen molar-refractivity contribution in [2.75, 3.05) is 13.1 Å². The lowest BCUT2D eigenvalue weighted by molar-refractivity contribution is 0.174. The lowest BCUT2D eigenvalue weighted by atomic mass is 10.1. The summed E-state index contributed by atoms with van der Waals surface area (Å²) >= 11 is 0. The minimum absolute atomic E-state index is 0.0940. The summed E-state index contributed by atoms with van der Waals surface area (Å²) in [5, 5.41) is 10.1. The molecule has 2 aromatic rings. The van der Waals surface area contributed by atoms with E-state index in [0.29, 0.717) is 24.3 Å². The number of nitrogens with zero attached hydrogens (tertiary/aromatic N) is 2. The van der Waals surface area contributed by atoms with Gasteiger partial charge in [-0.1, -0.05) is 12.1 Å². The number of hydrogen-bond donors (Lipinski definition) is 2. The maximum absolute atomic E-state index is 12.0. The van der Waals surface area contributed by atoms with Gasteiger partial charge in [-0.25, -0.2) is 4.98 Å². The van der Waals surface area contributed by atoms with Crippen LogP contribution in [0.25, 0.3) is 10.9 Å². The molecule has 0 spiro atoms. The molecule has 1 aliphatic heterocycles. The molecule has 19 heavy (non-hydrogen) atoms. The Hall–Kier alpha value is -1.72. The van der Waals surface area contributed by atoms with Gasteiger partial charge >= 0.3 is 0 Å². The molecule has 3 rings (SSSR count). The first-order valence-electron chi connectivity index (χ1n) is 6.52. The van der Waals surface area contributed by atoms with Crippen LogP contribution < -0.4 is 5.56 Å². The zero-order valence-electron chi connectivity index (χ0n) is 10.9. The fraction of sp³-hybridized carbons (Fsp3) is 0.429. The lowest BCUT2D eigenvalue weighted by Crippen LogP contribution is -2.24. The molecule has 1 aromatic carbocycles. The topological polar surface area (TPSA) is 69.2 Å². The first-order chi connectivity index (χ1) is 9.13. The van der Waals surface area contributed by atoms with E-state index in [9.17, 15) is 9.90 Å². The number of aryl methyl sites for hydroxylation is 1. The van der Waals surface area contributed by atoms with Crippen LogP contribution in [0.5, 0.6) is 0 Å². The van der Waals surface area contributed by atoms with Gasteiger partial charge in [-0.3, -0.25) is 9.69 Å². The highest BCUT2D eigenvalue weighted by molar-refractivity contribution is 5.80. The van der Waals surface area contributed by atoms with E-state index in [1.54, 1.807) is 6.07 Å². The Morgan fingerprint density at radius 2 is 2.37 bits per heavy atom. The summed E-state index contributed by atoms with van der Waals surface area (Å²) in [5.74, 6) is 0.668. The minimum Gasteiger partial charge on any atom is -0.392 e. The van der Waals surface area contributed by atoms with Gasteiger partial charge in [0.1, 0.15) is 5.82 Å². The Balaban J connectivity index is 1.97. The normalized spacial score (nSPS) is 20.2. The Kier molecular flexibility index (Phi) is 3.08. The molecule has 0 radical (unpaired) electrons. The molecule has 0 unspecified atom stereocenters. The van der Waals surface area contributed by atoms with Crippen molar-refractivity contribution in [2.24, 2.45) is 0 Å². The molecule has 1 fully saturated rings. The molecular weight excluding hydrogens is 242 g/mol. The number of para-hydroxylation sites is 1. The van der Waals surface area contributed by atoms with Crippen molar-refractivity contribution in [3.63, 3.8) is 0 Å². The number of aromatic nitrogens is 2. The zero-order chi connectivity index (χ0) is 13.4. The number of β-amino-alcohol motifs (C(OH)–C–C–N with tert-alkyl or cyclic N) is 1. The van der Waals surface area contributed by atoms with Gasteiger partial charge in [0.05, 0.1) is 23.6 Å². The first-order valence-corrected chi connectivity index (χ1v) is 6.52. The molecule has 0 aliphatic carbocycles. The van der Waals surface area contributed by atoms with Crippen molar-refractivity contribution >= 4 is 10.9 Å². The predicted molar refractivity (Wildman–Crippen MR) is 73.0 cm³/mol. The molecule has 1 aliphatic rings. The van der Waals surface area contributed by atoms with E-state index >= 15 is 0 Å². The summed E-state index contributed by atoms with van der Waals surface area (Å²) < 4.78 is 0. The fourth-order valence-electron chi connectivity index (χ4n) is 2.59. The molecule has 1 aromatic heterocycles. The van der Waals surface area contributed by atoms with Gasteiger partial charge in [-0.15, -0.1) is 0 Å². The van der Waals surface area contributed by atoms with Crippen LogP contribution >= 0.6 is 0 Å². The van der Waals surface area contributed by atoms with Crippen molar-refractivity contribution in [3.05, 3.63) is 39.9 Å². The molecule has 1 atom stereocenters. The number of fused-ring (bicyclic) bond motifs is 1. The molecule has 0 saturated carbocycles. The average Bonchev–Trinajstić information content (AvgIpc) is 2.76. The number of benzene rings is 1. The highest BCUT2D eigenvalue weighted by atomic mass is 16.3. The number of hydrogen-bond acceptors (Lipinski definition) is 4. The summed E-state index contributed by atoms with van der Waals surface area (Å²) in [6, 6.07) is 5.61. The third kappa shape index (κ3) is 2.39. The average molecular weight is 259 g/mol. The van der Waals surface area contributed by atoms with E-state index < -0.39 is 0 Å². The predicted octanol–water partition coefficient (Wildman–Crippen LogP) is 0.798. The van der Waals surface area contributed by atoms with Crippen LogP contribution in [0.2, 0.25) is 0 Å². The van der Waals surface area contributed by atoms with Crippen molar-refractivity contribution in [2.45, 2.75) is 26.0 Å². The van der Waals surface area contributed by atoms with Crippen molar-refractivity contribution in [1.29, 1.82) is 0 Å². The van der Waals surface area contributed by atoms with Gasteiger partial charge in [0, 0.05) is 13.1 Å². The van der Waals surface area contributed by atoms with Gasteiger partial charge < -0.3 is 10.1 Å². The Morgan fingerprint density at radius 3 is 3.11 bits per heavy atom. The second kappa shape index (κ2) is 4.75. The summed E-state index contributed by atoms with van der Waals surface area (Å²) in [6.45, 7) is 4.03. The van der Waals surface area contributed by atoms with E-state index in [-0.39, 0.29) is 11.7 Å². The van der Waals surface area contributed by atoms with Crippen LogP contribution in [0.15, 0.2) is 23.0 Å². The van der Waals surface area contributed by atoms with E-state index in [1.165, 1.54) is 0 Å². The molecule has 2 N–H and O–H groups in total. The van der Waals surface area contributed by atoms with Crippen LogP contribution in [0.1, 0.15) is 17.8 Å². The summed E-state index contributed by atoms with van der Waals surface area (Å²) in [6.07, 6.45) is 0.533. The van der Waals surface area contributed by atoms with Crippen LogP contribution in [-0.2, 0) is 6.54 Å². The Labute approximate surface area is 110 Å². The van der Waals surface area contributed by atoms with Gasteiger partial charge in [-0.2, -0.15) is 0 Å². The maximum Gasteiger partial charge on any atom is 0.258 e. The number of H-pyrrole nitrogens is 1. The molecule has 100 valence electrons. The van der Waals surface area contributed by atoms with E-state index in [4.69, 9.17) is 0 Å². The van der Waals surface area contributed by atoms with E-state index in [0.717, 1.165) is 24.0 Å². The summed E-state index contributed by atoms with van der Waals surface area (Å²) in [5.41, 5.74) is 1.68. The SMILES string of the molecule is Cc1cccc2c(=O)[nH]c(CN3CC[C@H](O)C3)nc12. The number of aliphatic hydroxyl groups excluding tert-OH is 1. The smallest absolute Gasteiger partial charge is 0.258 e. The van der Waals surface area contributed by atoms with Crippen molar-refractivity contribution in [1.82, 2.24) is 14.9 Å². The van der Waals surface area contributed by atoms with Gasteiger partial charge in [0.25, 0.3) is 5.56 Å². The molecule has 5 heteroatoms. The highest BCUT2D eigenvalue weighted by Crippen LogP contribution is 2.14. The number of rotatable bonds is 2. The molecular formula is C14H17N3O2. The van der Waals surface area contributed by atoms with Gasteiger partial charge in [0.15, 0.2) is 0 Å². The Morgan fingerprint density at radius 1 is 1.53 bits per heavy atom. The second-order valence-corrected chi connectivity index (χ2v) is 5.16. The third-order valence-corrected chi connectivity index (χ3v) is 3.61. The van der Waals surface area contributed by atoms with Crippen LogP contribution in [-0.4, -0.2) is 39.2 Å². The summed E-state index contributed by atoms with van der Waals surface area (Å²) in [7, 11) is 0. The van der Waals surface area contributed by atoms with Crippen LogP contribution in [0.4, 0.5) is 0 Å². The number of aromatic amines is 1. The number of nitrogens with one attached hydrogen (secondary N) is 1. The standard InChI is InChI=1S/C14H17N3O2/c1-9-3-2-4-11-13(9)15-12(16-14(11)19)8-17-6-5-10(18)7-17/h2-4,10,18H,5-8H2,1H3,(H,15,16,19)/t10-/m0/s1. The molecule has 1 saturated heterocycles. The van der Waals surface area contributed by atoms with Crippen LogP contribution in [0, 0.1) is 6.92 Å². The molecule has 0 bridgehead atoms. The number of likely N-dealkylation sites (tertiary alicyclic amines) is 1. The number of aliphatic hydroxyl groups is 1. The lowest BCUT2D eigenvalue weighted by Gasteiger charge is -2.14. The van der Waals surface area contributed by atoms with Crippen molar-refractivity contribution in [3.8, 4) is 0 Å². The molecule has 0 amide bonds. The van der Waals surface area contributed by atoms with E-state index in [1.807, 2.05) is 19.1 Å².